The number of carbonyl (C=O) groups excluding carboxylic acids is 1. The summed E-state index contributed by atoms with van der Waals surface area (Å²) in [5, 5.41) is 6.66. The van der Waals surface area contributed by atoms with Gasteiger partial charge < -0.3 is 9.47 Å². The van der Waals surface area contributed by atoms with Crippen LogP contribution < -0.4 is 0 Å². The van der Waals surface area contributed by atoms with Gasteiger partial charge in [-0.15, -0.1) is 0 Å². The minimum absolute atomic E-state index is 0.151. The number of likely N-dealkylation sites (N-methyl/N-ethyl adjacent to an activating group) is 1. The van der Waals surface area contributed by atoms with Crippen molar-refractivity contribution in [1.29, 1.82) is 0 Å². The second-order valence-corrected chi connectivity index (χ2v) is 8.75. The van der Waals surface area contributed by atoms with Gasteiger partial charge in [-0.1, -0.05) is 18.2 Å². The molecule has 31 heavy (non-hydrogen) atoms. The van der Waals surface area contributed by atoms with Gasteiger partial charge in [-0.2, -0.15) is 5.10 Å². The number of amides is 1. The van der Waals surface area contributed by atoms with Crippen molar-refractivity contribution in [2.75, 3.05) is 7.05 Å². The zero-order chi connectivity index (χ0) is 21.3. The van der Waals surface area contributed by atoms with Gasteiger partial charge in [0.2, 0.25) is 5.91 Å². The predicted octanol–water partition coefficient (Wildman–Crippen LogP) is 3.91. The number of aryl methyl sites for hydroxylation is 1. The van der Waals surface area contributed by atoms with Crippen molar-refractivity contribution in [1.82, 2.24) is 29.2 Å². The van der Waals surface area contributed by atoms with Crippen LogP contribution in [0.4, 0.5) is 0 Å². The van der Waals surface area contributed by atoms with E-state index in [1.807, 2.05) is 44.4 Å². The van der Waals surface area contributed by atoms with E-state index in [4.69, 9.17) is 9.97 Å². The summed E-state index contributed by atoms with van der Waals surface area (Å²) in [6.07, 6.45) is 6.15. The summed E-state index contributed by atoms with van der Waals surface area (Å²) < 4.78 is 3.98. The Labute approximate surface area is 180 Å². The summed E-state index contributed by atoms with van der Waals surface area (Å²) in [5.41, 5.74) is 4.89. The Morgan fingerprint density at radius 3 is 2.68 bits per heavy atom. The summed E-state index contributed by atoms with van der Waals surface area (Å²) in [5.74, 6) is 1.68. The lowest BCUT2D eigenvalue weighted by molar-refractivity contribution is -0.135. The lowest BCUT2D eigenvalue weighted by atomic mass is 10.0. The molecule has 1 fully saturated rings. The average molecular weight is 412 g/mol. The molecule has 2 aliphatic rings. The molecule has 6 rings (SSSR count). The fourth-order valence-electron chi connectivity index (χ4n) is 4.72. The van der Waals surface area contributed by atoms with Crippen molar-refractivity contribution in [3.05, 3.63) is 54.2 Å². The SMILES string of the molecule is C[C@@H]1C(=O)N(C)Cc2c(-c3cccc4cc(-c5ccn(C)n5)ncc34)nc(C3CC3)n21. The summed E-state index contributed by atoms with van der Waals surface area (Å²) in [7, 11) is 3.78. The lowest BCUT2D eigenvalue weighted by Gasteiger charge is -2.31. The Balaban J connectivity index is 1.53. The molecule has 1 aliphatic carbocycles. The third kappa shape index (κ3) is 2.80. The van der Waals surface area contributed by atoms with Crippen LogP contribution in [0.1, 0.15) is 43.2 Å². The van der Waals surface area contributed by atoms with E-state index in [0.29, 0.717) is 12.5 Å². The van der Waals surface area contributed by atoms with Crippen LogP contribution >= 0.6 is 0 Å². The molecule has 7 nitrogen and oxygen atoms in total. The van der Waals surface area contributed by atoms with Crippen molar-refractivity contribution in [2.45, 2.75) is 38.3 Å². The molecule has 1 atom stereocenters. The van der Waals surface area contributed by atoms with E-state index in [1.54, 1.807) is 4.68 Å². The first-order valence-electron chi connectivity index (χ1n) is 10.8. The highest BCUT2D eigenvalue weighted by Gasteiger charge is 2.38. The number of imidazole rings is 1. The minimum Gasteiger partial charge on any atom is -0.338 e. The molecule has 3 aromatic heterocycles. The van der Waals surface area contributed by atoms with Gasteiger partial charge in [0.1, 0.15) is 17.6 Å². The molecular weight excluding hydrogens is 388 g/mol. The third-order valence-electron chi connectivity index (χ3n) is 6.48. The summed E-state index contributed by atoms with van der Waals surface area (Å²) in [6, 6.07) is 10.1. The van der Waals surface area contributed by atoms with E-state index in [0.717, 1.165) is 57.8 Å². The number of carbonyl (C=O) groups is 1. The van der Waals surface area contributed by atoms with E-state index in [-0.39, 0.29) is 11.9 Å². The quantitative estimate of drug-likeness (QED) is 0.512. The van der Waals surface area contributed by atoms with Crippen LogP contribution in [0.25, 0.3) is 33.4 Å². The van der Waals surface area contributed by atoms with Crippen LogP contribution in [0.3, 0.4) is 0 Å². The van der Waals surface area contributed by atoms with E-state index in [2.05, 4.69) is 33.9 Å². The lowest BCUT2D eigenvalue weighted by Crippen LogP contribution is -2.39. The average Bonchev–Trinajstić information content (AvgIpc) is 3.42. The first kappa shape index (κ1) is 18.3. The van der Waals surface area contributed by atoms with Gasteiger partial charge >= 0.3 is 0 Å². The van der Waals surface area contributed by atoms with Crippen LogP contribution in [-0.2, 0) is 18.4 Å². The van der Waals surface area contributed by atoms with E-state index >= 15 is 0 Å². The number of hydrogen-bond donors (Lipinski definition) is 0. The van der Waals surface area contributed by atoms with Crippen LogP contribution in [0.2, 0.25) is 0 Å². The molecule has 7 heteroatoms. The first-order valence-corrected chi connectivity index (χ1v) is 10.8. The molecule has 0 bridgehead atoms. The summed E-state index contributed by atoms with van der Waals surface area (Å²) >= 11 is 0. The van der Waals surface area contributed by atoms with Crippen molar-refractivity contribution in [3.8, 4) is 22.6 Å². The maximum atomic E-state index is 12.7. The van der Waals surface area contributed by atoms with Gasteiger partial charge in [-0.05, 0) is 37.3 Å². The van der Waals surface area contributed by atoms with Gasteiger partial charge in [0, 0.05) is 43.4 Å². The monoisotopic (exact) mass is 412 g/mol. The van der Waals surface area contributed by atoms with Crippen LogP contribution in [-0.4, -0.2) is 42.2 Å². The zero-order valence-corrected chi connectivity index (χ0v) is 17.9. The number of nitrogens with zero attached hydrogens (tertiary/aromatic N) is 6. The molecule has 156 valence electrons. The van der Waals surface area contributed by atoms with Gasteiger partial charge in [0.05, 0.1) is 23.6 Å². The number of hydrogen-bond acceptors (Lipinski definition) is 4. The number of benzene rings is 1. The Morgan fingerprint density at radius 2 is 1.94 bits per heavy atom. The maximum Gasteiger partial charge on any atom is 0.245 e. The molecule has 0 unspecified atom stereocenters. The van der Waals surface area contributed by atoms with Crippen molar-refractivity contribution in [2.24, 2.45) is 7.05 Å². The zero-order valence-electron chi connectivity index (χ0n) is 17.9. The standard InChI is InChI=1S/C24H24N6O/c1-14-24(31)28(2)13-21-22(26-23(30(14)21)15-7-8-15)17-6-4-5-16-11-20(25-12-18(16)17)19-9-10-29(3)27-19/h4-6,9-12,14-15H,7-8,13H2,1-3H3/t14-/m1/s1. The van der Waals surface area contributed by atoms with Crippen molar-refractivity contribution >= 4 is 16.7 Å². The topological polar surface area (TPSA) is 68.8 Å². The molecule has 0 spiro atoms. The molecule has 0 saturated heterocycles. The third-order valence-corrected chi connectivity index (χ3v) is 6.48. The Hall–Kier alpha value is -3.48. The van der Waals surface area contributed by atoms with Gasteiger partial charge in [-0.3, -0.25) is 14.5 Å². The fourth-order valence-corrected chi connectivity index (χ4v) is 4.72. The Morgan fingerprint density at radius 1 is 1.10 bits per heavy atom. The second kappa shape index (κ2) is 6.51. The predicted molar refractivity (Wildman–Crippen MR) is 118 cm³/mol. The summed E-state index contributed by atoms with van der Waals surface area (Å²) in [4.78, 5) is 24.3. The molecular formula is C24H24N6O. The highest BCUT2D eigenvalue weighted by atomic mass is 16.2. The molecule has 4 heterocycles. The molecule has 1 saturated carbocycles. The van der Waals surface area contributed by atoms with Gasteiger partial charge in [0.25, 0.3) is 0 Å². The number of pyridine rings is 1. The molecule has 4 aromatic rings. The maximum absolute atomic E-state index is 12.7. The number of aromatic nitrogens is 5. The Kier molecular flexibility index (Phi) is 3.84. The van der Waals surface area contributed by atoms with E-state index in [9.17, 15) is 4.79 Å². The normalized spacial score (nSPS) is 18.6. The van der Waals surface area contributed by atoms with Crippen LogP contribution in [0, 0.1) is 0 Å². The van der Waals surface area contributed by atoms with Gasteiger partial charge in [-0.25, -0.2) is 4.98 Å². The second-order valence-electron chi connectivity index (χ2n) is 8.75. The molecule has 1 amide bonds. The van der Waals surface area contributed by atoms with Gasteiger partial charge in [0.15, 0.2) is 0 Å². The van der Waals surface area contributed by atoms with Crippen LogP contribution in [0.15, 0.2) is 42.7 Å². The summed E-state index contributed by atoms with van der Waals surface area (Å²) in [6.45, 7) is 2.57. The highest BCUT2D eigenvalue weighted by molar-refractivity contribution is 5.97. The smallest absolute Gasteiger partial charge is 0.245 e. The van der Waals surface area contributed by atoms with E-state index < -0.39 is 0 Å². The Bertz CT molecular complexity index is 1350. The van der Waals surface area contributed by atoms with Crippen LogP contribution in [0.5, 0.6) is 0 Å². The minimum atomic E-state index is -0.213. The first-order chi connectivity index (χ1) is 15.0. The molecule has 0 N–H and O–H groups in total. The molecule has 0 radical (unpaired) electrons. The van der Waals surface area contributed by atoms with Crippen molar-refractivity contribution < 1.29 is 4.79 Å². The fraction of sp³-hybridized carbons (Fsp3) is 0.333. The number of rotatable bonds is 3. The highest BCUT2D eigenvalue weighted by Crippen LogP contribution is 2.45. The van der Waals surface area contributed by atoms with Crippen molar-refractivity contribution in [3.63, 3.8) is 0 Å². The van der Waals surface area contributed by atoms with E-state index in [1.165, 1.54) is 0 Å². The molecule has 1 aromatic carbocycles. The number of fused-ring (bicyclic) bond motifs is 2. The largest absolute Gasteiger partial charge is 0.338 e. The molecule has 1 aliphatic heterocycles.